The second-order valence-corrected chi connectivity index (χ2v) is 6.59. The van der Waals surface area contributed by atoms with E-state index >= 15 is 0 Å². The summed E-state index contributed by atoms with van der Waals surface area (Å²) in [6.07, 6.45) is 0. The molecule has 4 rings (SSSR count). The fourth-order valence-corrected chi connectivity index (χ4v) is 3.08. The summed E-state index contributed by atoms with van der Waals surface area (Å²) in [5.74, 6) is 1.36. The molecular weight excluding hydrogens is 352 g/mol. The molecule has 0 aliphatic carbocycles. The minimum atomic E-state index is -0.178. The van der Waals surface area contributed by atoms with Crippen molar-refractivity contribution in [1.29, 1.82) is 0 Å². The second kappa shape index (κ2) is 7.61. The molecule has 0 saturated carbocycles. The molecule has 0 unspecified atom stereocenters. The van der Waals surface area contributed by atoms with Crippen LogP contribution in [0.1, 0.15) is 11.1 Å². The van der Waals surface area contributed by atoms with Gasteiger partial charge in [-0.25, -0.2) is 0 Å². The van der Waals surface area contributed by atoms with Gasteiger partial charge in [0.15, 0.2) is 5.76 Å². The van der Waals surface area contributed by atoms with Crippen molar-refractivity contribution >= 4 is 11.0 Å². The minimum absolute atomic E-state index is 0.178. The van der Waals surface area contributed by atoms with Crippen molar-refractivity contribution < 1.29 is 13.9 Å². The lowest BCUT2D eigenvalue weighted by Crippen LogP contribution is -2.10. The van der Waals surface area contributed by atoms with Crippen LogP contribution in [-0.2, 0) is 6.61 Å². The molecule has 1 aromatic heterocycles. The Morgan fingerprint density at radius 2 is 1.68 bits per heavy atom. The van der Waals surface area contributed by atoms with E-state index in [-0.39, 0.29) is 17.8 Å². The molecule has 28 heavy (non-hydrogen) atoms. The van der Waals surface area contributed by atoms with E-state index in [2.05, 4.69) is 0 Å². The predicted molar refractivity (Wildman–Crippen MR) is 110 cm³/mol. The maximum atomic E-state index is 13.2. The zero-order chi connectivity index (χ0) is 19.5. The van der Waals surface area contributed by atoms with Crippen molar-refractivity contribution in [2.75, 3.05) is 7.11 Å². The molecule has 0 saturated heterocycles. The van der Waals surface area contributed by atoms with Gasteiger partial charge in [0.1, 0.15) is 17.9 Å². The van der Waals surface area contributed by atoms with Crippen LogP contribution in [-0.4, -0.2) is 7.11 Å². The van der Waals surface area contributed by atoms with Crippen molar-refractivity contribution in [3.63, 3.8) is 0 Å². The standard InChI is InChI=1S/C24H20O4/c1-16-8-13-20-21(14-16)28-23(18-9-11-19(26-2)12-10-18)24(22(20)25)27-15-17-6-4-3-5-7-17/h3-14H,15H2,1-2H3. The largest absolute Gasteiger partial charge is 0.497 e. The number of ether oxygens (including phenoxy) is 2. The number of rotatable bonds is 5. The molecule has 1 heterocycles. The Bertz CT molecular complexity index is 1160. The van der Waals surface area contributed by atoms with E-state index in [0.717, 1.165) is 22.4 Å². The van der Waals surface area contributed by atoms with Crippen LogP contribution in [0, 0.1) is 6.92 Å². The van der Waals surface area contributed by atoms with Gasteiger partial charge in [0.2, 0.25) is 11.2 Å². The number of methoxy groups -OCH3 is 1. The molecule has 0 spiro atoms. The van der Waals surface area contributed by atoms with Gasteiger partial charge in [0.25, 0.3) is 0 Å². The third kappa shape index (κ3) is 3.49. The Labute approximate surface area is 163 Å². The van der Waals surface area contributed by atoms with Crippen LogP contribution in [0.2, 0.25) is 0 Å². The fourth-order valence-electron chi connectivity index (χ4n) is 3.08. The third-order valence-electron chi connectivity index (χ3n) is 4.58. The minimum Gasteiger partial charge on any atom is -0.497 e. The molecule has 0 aliphatic heterocycles. The van der Waals surface area contributed by atoms with Crippen molar-refractivity contribution in [3.8, 4) is 22.8 Å². The van der Waals surface area contributed by atoms with Crippen molar-refractivity contribution in [2.24, 2.45) is 0 Å². The van der Waals surface area contributed by atoms with Gasteiger partial charge in [0.05, 0.1) is 12.5 Å². The Hall–Kier alpha value is -3.53. The van der Waals surface area contributed by atoms with Crippen molar-refractivity contribution in [3.05, 3.63) is 94.1 Å². The molecule has 140 valence electrons. The summed E-state index contributed by atoms with van der Waals surface area (Å²) >= 11 is 0. The molecule has 0 radical (unpaired) electrons. The monoisotopic (exact) mass is 372 g/mol. The highest BCUT2D eigenvalue weighted by Gasteiger charge is 2.18. The molecule has 4 nitrogen and oxygen atoms in total. The van der Waals surface area contributed by atoms with Gasteiger partial charge in [-0.05, 0) is 54.4 Å². The molecule has 4 aromatic rings. The first-order valence-electron chi connectivity index (χ1n) is 9.04. The SMILES string of the molecule is COc1ccc(-c2oc3cc(C)ccc3c(=O)c2OCc2ccccc2)cc1. The maximum Gasteiger partial charge on any atom is 0.235 e. The molecule has 0 bridgehead atoms. The van der Waals surface area contributed by atoms with Gasteiger partial charge < -0.3 is 13.9 Å². The number of aryl methyl sites for hydroxylation is 1. The predicted octanol–water partition coefficient (Wildman–Crippen LogP) is 5.36. The average molecular weight is 372 g/mol. The average Bonchev–Trinajstić information content (AvgIpc) is 2.73. The van der Waals surface area contributed by atoms with Crippen LogP contribution in [0.4, 0.5) is 0 Å². The first-order chi connectivity index (χ1) is 13.7. The summed E-state index contributed by atoms with van der Waals surface area (Å²) < 4.78 is 17.3. The Morgan fingerprint density at radius 3 is 2.39 bits per heavy atom. The molecule has 0 atom stereocenters. The lowest BCUT2D eigenvalue weighted by atomic mass is 10.1. The number of hydrogen-bond acceptors (Lipinski definition) is 4. The van der Waals surface area contributed by atoms with Crippen LogP contribution < -0.4 is 14.9 Å². The lowest BCUT2D eigenvalue weighted by molar-refractivity contribution is 0.298. The first-order valence-corrected chi connectivity index (χ1v) is 9.04. The molecule has 0 amide bonds. The van der Waals surface area contributed by atoms with E-state index in [4.69, 9.17) is 13.9 Å². The smallest absolute Gasteiger partial charge is 0.235 e. The fraction of sp³-hybridized carbons (Fsp3) is 0.125. The summed E-state index contributed by atoms with van der Waals surface area (Å²) in [6.45, 7) is 2.25. The summed E-state index contributed by atoms with van der Waals surface area (Å²) in [4.78, 5) is 13.2. The lowest BCUT2D eigenvalue weighted by Gasteiger charge is -2.12. The summed E-state index contributed by atoms with van der Waals surface area (Å²) in [5.41, 5.74) is 3.12. The van der Waals surface area contributed by atoms with Gasteiger partial charge >= 0.3 is 0 Å². The van der Waals surface area contributed by atoms with Gasteiger partial charge in [0, 0.05) is 5.56 Å². The summed E-state index contributed by atoms with van der Waals surface area (Å²) in [5, 5.41) is 0.505. The van der Waals surface area contributed by atoms with E-state index in [1.807, 2.05) is 73.7 Å². The summed E-state index contributed by atoms with van der Waals surface area (Å²) in [6, 6.07) is 22.7. The van der Waals surface area contributed by atoms with Crippen molar-refractivity contribution in [2.45, 2.75) is 13.5 Å². The topological polar surface area (TPSA) is 48.7 Å². The van der Waals surface area contributed by atoms with Gasteiger partial charge in [-0.15, -0.1) is 0 Å². The molecule has 0 aliphatic rings. The van der Waals surface area contributed by atoms with Gasteiger partial charge in [-0.2, -0.15) is 0 Å². The second-order valence-electron chi connectivity index (χ2n) is 6.59. The van der Waals surface area contributed by atoms with E-state index in [1.165, 1.54) is 0 Å². The zero-order valence-corrected chi connectivity index (χ0v) is 15.8. The zero-order valence-electron chi connectivity index (χ0n) is 15.8. The molecule has 4 heteroatoms. The van der Waals surface area contributed by atoms with Gasteiger partial charge in [-0.1, -0.05) is 36.4 Å². The molecular formula is C24H20O4. The highest BCUT2D eigenvalue weighted by molar-refractivity contribution is 5.82. The highest BCUT2D eigenvalue weighted by atomic mass is 16.5. The first kappa shape index (κ1) is 17.9. The van der Waals surface area contributed by atoms with Crippen LogP contribution in [0.15, 0.2) is 82.0 Å². The molecule has 0 fully saturated rings. The number of fused-ring (bicyclic) bond motifs is 1. The molecule has 0 N–H and O–H groups in total. The normalized spacial score (nSPS) is 10.8. The van der Waals surface area contributed by atoms with Crippen LogP contribution >= 0.6 is 0 Å². The van der Waals surface area contributed by atoms with E-state index in [1.54, 1.807) is 13.2 Å². The summed E-state index contributed by atoms with van der Waals surface area (Å²) in [7, 11) is 1.61. The quantitative estimate of drug-likeness (QED) is 0.473. The van der Waals surface area contributed by atoms with E-state index < -0.39 is 0 Å². The number of hydrogen-bond donors (Lipinski definition) is 0. The van der Waals surface area contributed by atoms with Crippen LogP contribution in [0.25, 0.3) is 22.3 Å². The number of benzene rings is 3. The molecule has 3 aromatic carbocycles. The Balaban J connectivity index is 1.85. The third-order valence-corrected chi connectivity index (χ3v) is 4.58. The maximum absolute atomic E-state index is 13.2. The van der Waals surface area contributed by atoms with E-state index in [9.17, 15) is 4.79 Å². The van der Waals surface area contributed by atoms with Gasteiger partial charge in [-0.3, -0.25) is 4.79 Å². The van der Waals surface area contributed by atoms with Crippen molar-refractivity contribution in [1.82, 2.24) is 0 Å². The Kier molecular flexibility index (Phi) is 4.85. The highest BCUT2D eigenvalue weighted by Crippen LogP contribution is 2.32. The van der Waals surface area contributed by atoms with Crippen LogP contribution in [0.5, 0.6) is 11.5 Å². The van der Waals surface area contributed by atoms with Crippen LogP contribution in [0.3, 0.4) is 0 Å². The van der Waals surface area contributed by atoms with E-state index in [0.29, 0.717) is 16.7 Å². The Morgan fingerprint density at radius 1 is 0.929 bits per heavy atom.